The molecule has 0 unspecified atom stereocenters. The summed E-state index contributed by atoms with van der Waals surface area (Å²) in [5.74, 6) is -1.18. The number of benzene rings is 2. The van der Waals surface area contributed by atoms with E-state index in [1.807, 2.05) is 19.1 Å². The number of para-hydroxylation sites is 1. The van der Waals surface area contributed by atoms with E-state index < -0.39 is 28.5 Å². The number of rotatable bonds is 9. The first-order valence-corrected chi connectivity index (χ1v) is 10.1. The standard InChI is InChI=1S/C20H22N2O5S/c1-3-13-21-28(25,26)17-11-9-16(10-12-17)20(24)27-14-19(23)22-18-8-6-5-7-15(18)4-2/h3,5-12,21H,1,4,13-14H2,2H3,(H,22,23). The van der Waals surface area contributed by atoms with Gasteiger partial charge in [-0.2, -0.15) is 0 Å². The van der Waals surface area contributed by atoms with E-state index in [1.165, 1.54) is 30.3 Å². The molecule has 0 heterocycles. The third kappa shape index (κ3) is 5.77. The van der Waals surface area contributed by atoms with Gasteiger partial charge in [-0.15, -0.1) is 6.58 Å². The van der Waals surface area contributed by atoms with Crippen LogP contribution in [0.25, 0.3) is 0 Å². The maximum absolute atomic E-state index is 12.1. The van der Waals surface area contributed by atoms with Gasteiger partial charge in [0, 0.05) is 12.2 Å². The molecule has 0 radical (unpaired) electrons. The normalized spacial score (nSPS) is 10.9. The van der Waals surface area contributed by atoms with E-state index in [4.69, 9.17) is 4.74 Å². The molecule has 0 aromatic heterocycles. The summed E-state index contributed by atoms with van der Waals surface area (Å²) in [6.07, 6.45) is 2.18. The van der Waals surface area contributed by atoms with E-state index in [9.17, 15) is 18.0 Å². The van der Waals surface area contributed by atoms with Crippen molar-refractivity contribution in [1.82, 2.24) is 4.72 Å². The second-order valence-electron chi connectivity index (χ2n) is 5.80. The van der Waals surface area contributed by atoms with Crippen LogP contribution in [-0.2, 0) is 26.0 Å². The number of hydrogen-bond donors (Lipinski definition) is 2. The van der Waals surface area contributed by atoms with Gasteiger partial charge in [-0.25, -0.2) is 17.9 Å². The summed E-state index contributed by atoms with van der Waals surface area (Å²) in [6, 6.07) is 12.6. The molecule has 2 aromatic rings. The van der Waals surface area contributed by atoms with Gasteiger partial charge < -0.3 is 10.1 Å². The number of carbonyl (C=O) groups is 2. The predicted octanol–water partition coefficient (Wildman–Crippen LogP) is 2.51. The molecule has 7 nitrogen and oxygen atoms in total. The van der Waals surface area contributed by atoms with Crippen LogP contribution in [0.2, 0.25) is 0 Å². The molecule has 0 bridgehead atoms. The van der Waals surface area contributed by atoms with Gasteiger partial charge in [-0.05, 0) is 42.3 Å². The Hall–Kier alpha value is -2.97. The van der Waals surface area contributed by atoms with Crippen molar-refractivity contribution in [2.24, 2.45) is 0 Å². The first kappa shape index (κ1) is 21.3. The van der Waals surface area contributed by atoms with Gasteiger partial charge in [-0.3, -0.25) is 4.79 Å². The van der Waals surface area contributed by atoms with Crippen molar-refractivity contribution < 1.29 is 22.7 Å². The number of carbonyl (C=O) groups excluding carboxylic acids is 2. The molecule has 1 amide bonds. The maximum Gasteiger partial charge on any atom is 0.338 e. The fraction of sp³-hybridized carbons (Fsp3) is 0.200. The lowest BCUT2D eigenvalue weighted by molar-refractivity contribution is -0.119. The molecular formula is C20H22N2O5S. The van der Waals surface area contributed by atoms with Gasteiger partial charge in [0.25, 0.3) is 5.91 Å². The zero-order valence-electron chi connectivity index (χ0n) is 15.5. The molecule has 0 aliphatic rings. The Balaban J connectivity index is 1.94. The highest BCUT2D eigenvalue weighted by atomic mass is 32.2. The lowest BCUT2D eigenvalue weighted by Gasteiger charge is -2.10. The second-order valence-corrected chi connectivity index (χ2v) is 7.57. The number of hydrogen-bond acceptors (Lipinski definition) is 5. The molecule has 2 aromatic carbocycles. The molecule has 0 aliphatic carbocycles. The first-order chi connectivity index (χ1) is 13.4. The average Bonchev–Trinajstić information content (AvgIpc) is 2.71. The van der Waals surface area contributed by atoms with E-state index in [-0.39, 0.29) is 17.0 Å². The molecule has 0 atom stereocenters. The monoisotopic (exact) mass is 402 g/mol. The van der Waals surface area contributed by atoms with Gasteiger partial charge in [-0.1, -0.05) is 31.2 Å². The van der Waals surface area contributed by atoms with Gasteiger partial charge in [0.1, 0.15) is 0 Å². The van der Waals surface area contributed by atoms with Crippen LogP contribution in [0.5, 0.6) is 0 Å². The molecule has 8 heteroatoms. The molecule has 0 saturated heterocycles. The van der Waals surface area contributed by atoms with Crippen LogP contribution in [0.1, 0.15) is 22.8 Å². The summed E-state index contributed by atoms with van der Waals surface area (Å²) in [4.78, 5) is 24.1. The highest BCUT2D eigenvalue weighted by molar-refractivity contribution is 7.89. The summed E-state index contributed by atoms with van der Waals surface area (Å²) in [5, 5.41) is 2.71. The minimum atomic E-state index is -3.67. The minimum Gasteiger partial charge on any atom is -0.452 e. The zero-order chi connectivity index (χ0) is 20.6. The van der Waals surface area contributed by atoms with Crippen LogP contribution in [0, 0.1) is 0 Å². The number of sulfonamides is 1. The Morgan fingerprint density at radius 3 is 2.43 bits per heavy atom. The maximum atomic E-state index is 12.1. The SMILES string of the molecule is C=CCNS(=O)(=O)c1ccc(C(=O)OCC(=O)Nc2ccccc2CC)cc1. The van der Waals surface area contributed by atoms with Crippen LogP contribution in [-0.4, -0.2) is 33.4 Å². The number of aryl methyl sites for hydroxylation is 1. The molecular weight excluding hydrogens is 380 g/mol. The average molecular weight is 402 g/mol. The Kier molecular flexibility index (Phi) is 7.48. The lowest BCUT2D eigenvalue weighted by Crippen LogP contribution is -2.24. The minimum absolute atomic E-state index is 0.0137. The van der Waals surface area contributed by atoms with Crippen LogP contribution in [0.3, 0.4) is 0 Å². The van der Waals surface area contributed by atoms with Crippen molar-refractivity contribution >= 4 is 27.6 Å². The quantitative estimate of drug-likeness (QED) is 0.496. The summed E-state index contributed by atoms with van der Waals surface area (Å²) in [7, 11) is -3.67. The van der Waals surface area contributed by atoms with Crippen LogP contribution in [0.15, 0.2) is 66.1 Å². The molecule has 28 heavy (non-hydrogen) atoms. The van der Waals surface area contributed by atoms with E-state index >= 15 is 0 Å². The summed E-state index contributed by atoms with van der Waals surface area (Å²) >= 11 is 0. The number of esters is 1. The molecule has 0 saturated carbocycles. The summed E-state index contributed by atoms with van der Waals surface area (Å²) < 4.78 is 31.3. The number of nitrogens with one attached hydrogen (secondary N) is 2. The van der Waals surface area contributed by atoms with Crippen molar-refractivity contribution in [2.45, 2.75) is 18.2 Å². The van der Waals surface area contributed by atoms with Crippen molar-refractivity contribution in [3.63, 3.8) is 0 Å². The predicted molar refractivity (Wildman–Crippen MR) is 107 cm³/mol. The molecule has 148 valence electrons. The molecule has 2 rings (SSSR count). The van der Waals surface area contributed by atoms with Crippen LogP contribution >= 0.6 is 0 Å². The van der Waals surface area contributed by atoms with Crippen molar-refractivity contribution in [3.8, 4) is 0 Å². The second kappa shape index (κ2) is 9.82. The summed E-state index contributed by atoms with van der Waals surface area (Å²) in [5.41, 5.74) is 1.79. The fourth-order valence-corrected chi connectivity index (χ4v) is 3.37. The Morgan fingerprint density at radius 2 is 1.79 bits per heavy atom. The smallest absolute Gasteiger partial charge is 0.338 e. The first-order valence-electron chi connectivity index (χ1n) is 8.63. The fourth-order valence-electron chi connectivity index (χ4n) is 2.37. The van der Waals surface area contributed by atoms with E-state index in [1.54, 1.807) is 12.1 Å². The van der Waals surface area contributed by atoms with Crippen LogP contribution in [0.4, 0.5) is 5.69 Å². The summed E-state index contributed by atoms with van der Waals surface area (Å²) in [6.45, 7) is 5.07. The van der Waals surface area contributed by atoms with Crippen molar-refractivity contribution in [2.75, 3.05) is 18.5 Å². The van der Waals surface area contributed by atoms with Crippen LogP contribution < -0.4 is 10.0 Å². The Labute approximate surface area is 164 Å². The zero-order valence-corrected chi connectivity index (χ0v) is 16.3. The number of anilines is 1. The van der Waals surface area contributed by atoms with Gasteiger partial charge >= 0.3 is 5.97 Å². The third-order valence-electron chi connectivity index (χ3n) is 3.82. The largest absolute Gasteiger partial charge is 0.452 e. The molecule has 0 fully saturated rings. The van der Waals surface area contributed by atoms with E-state index in [0.717, 1.165) is 12.0 Å². The topological polar surface area (TPSA) is 102 Å². The molecule has 0 spiro atoms. The highest BCUT2D eigenvalue weighted by Crippen LogP contribution is 2.15. The lowest BCUT2D eigenvalue weighted by atomic mass is 10.1. The van der Waals surface area contributed by atoms with Gasteiger partial charge in [0.2, 0.25) is 10.0 Å². The number of ether oxygens (including phenoxy) is 1. The Morgan fingerprint density at radius 1 is 1.11 bits per heavy atom. The van der Waals surface area contributed by atoms with Gasteiger partial charge in [0.15, 0.2) is 6.61 Å². The van der Waals surface area contributed by atoms with Crippen molar-refractivity contribution in [1.29, 1.82) is 0 Å². The van der Waals surface area contributed by atoms with E-state index in [2.05, 4.69) is 16.6 Å². The Bertz CT molecular complexity index is 953. The van der Waals surface area contributed by atoms with Gasteiger partial charge in [0.05, 0.1) is 10.5 Å². The van der Waals surface area contributed by atoms with E-state index in [0.29, 0.717) is 5.69 Å². The van der Waals surface area contributed by atoms with Crippen molar-refractivity contribution in [3.05, 3.63) is 72.3 Å². The molecule has 2 N–H and O–H groups in total. The highest BCUT2D eigenvalue weighted by Gasteiger charge is 2.15. The number of amides is 1. The molecule has 0 aliphatic heterocycles. The third-order valence-corrected chi connectivity index (χ3v) is 5.26.